The zero-order valence-electron chi connectivity index (χ0n) is 9.26. The van der Waals surface area contributed by atoms with E-state index in [4.69, 9.17) is 5.11 Å². The van der Waals surface area contributed by atoms with Gasteiger partial charge < -0.3 is 10.2 Å². The van der Waals surface area contributed by atoms with E-state index in [1.54, 1.807) is 0 Å². The number of nitrogens with one attached hydrogen (secondary N) is 2. The molecule has 9 heteroatoms. The van der Waals surface area contributed by atoms with Crippen LogP contribution in [0.2, 0.25) is 0 Å². The number of rotatable bonds is 5. The summed E-state index contributed by atoms with van der Waals surface area (Å²) in [6, 6.07) is 0. The number of carbonyl (C=O) groups is 1. The average molecular weight is 263 g/mol. The van der Waals surface area contributed by atoms with Gasteiger partial charge in [-0.15, -0.1) is 0 Å². The Bertz CT molecular complexity index is 514. The van der Waals surface area contributed by atoms with Gasteiger partial charge in [-0.1, -0.05) is 0 Å². The highest BCUT2D eigenvalue weighted by atomic mass is 32.2. The molecule has 8 nitrogen and oxygen atoms in total. The van der Waals surface area contributed by atoms with Crippen molar-refractivity contribution in [2.75, 3.05) is 6.54 Å². The molecular formula is C8H13N3O5S. The fourth-order valence-electron chi connectivity index (χ4n) is 0.975. The Hall–Kier alpha value is -1.45. The van der Waals surface area contributed by atoms with Gasteiger partial charge in [-0.25, -0.2) is 17.9 Å². The first-order valence-electron chi connectivity index (χ1n) is 4.62. The van der Waals surface area contributed by atoms with Crippen LogP contribution in [0.3, 0.4) is 0 Å². The summed E-state index contributed by atoms with van der Waals surface area (Å²) >= 11 is 0. The standard InChI is InChI=1S/C8H13N3O5S/c1-8(2,14)4-10-17(15,16)6-5(7(12)13)3-9-11-6/h3,10,14H,4H2,1-2H3,(H,9,11)(H,12,13). The maximum absolute atomic E-state index is 11.7. The minimum atomic E-state index is -4.03. The van der Waals surface area contributed by atoms with Crippen molar-refractivity contribution in [1.82, 2.24) is 14.9 Å². The summed E-state index contributed by atoms with van der Waals surface area (Å²) in [7, 11) is -4.03. The van der Waals surface area contributed by atoms with E-state index < -0.39 is 32.2 Å². The lowest BCUT2D eigenvalue weighted by atomic mass is 10.1. The third-order valence-corrected chi connectivity index (χ3v) is 3.17. The van der Waals surface area contributed by atoms with Crippen LogP contribution in [0.4, 0.5) is 0 Å². The molecule has 0 atom stereocenters. The zero-order chi connectivity index (χ0) is 13.3. The minimum Gasteiger partial charge on any atom is -0.478 e. The number of carboxylic acid groups (broad SMARTS) is 1. The summed E-state index contributed by atoms with van der Waals surface area (Å²) in [4.78, 5) is 10.7. The van der Waals surface area contributed by atoms with E-state index in [0.717, 1.165) is 6.20 Å². The normalized spacial score (nSPS) is 12.6. The molecule has 96 valence electrons. The van der Waals surface area contributed by atoms with Gasteiger partial charge >= 0.3 is 5.97 Å². The van der Waals surface area contributed by atoms with Crippen molar-refractivity contribution < 1.29 is 23.4 Å². The Morgan fingerprint density at radius 1 is 1.59 bits per heavy atom. The van der Waals surface area contributed by atoms with Crippen LogP contribution in [0.15, 0.2) is 11.2 Å². The number of hydrogen-bond acceptors (Lipinski definition) is 5. The van der Waals surface area contributed by atoms with Gasteiger partial charge in [-0.3, -0.25) is 5.10 Å². The number of hydrogen-bond donors (Lipinski definition) is 4. The molecule has 1 aromatic heterocycles. The molecule has 1 aromatic rings. The van der Waals surface area contributed by atoms with Crippen LogP contribution in [0.5, 0.6) is 0 Å². The average Bonchev–Trinajstić information content (AvgIpc) is 2.62. The van der Waals surface area contributed by atoms with Crippen LogP contribution in [0.1, 0.15) is 24.2 Å². The summed E-state index contributed by atoms with van der Waals surface area (Å²) < 4.78 is 25.5. The Balaban J connectivity index is 2.98. The lowest BCUT2D eigenvalue weighted by Crippen LogP contribution is -2.38. The highest BCUT2D eigenvalue weighted by Crippen LogP contribution is 2.12. The molecule has 0 fully saturated rings. The number of H-pyrrole nitrogens is 1. The second-order valence-corrected chi connectivity index (χ2v) is 5.76. The van der Waals surface area contributed by atoms with Gasteiger partial charge in [0.2, 0.25) is 0 Å². The molecule has 1 rings (SSSR count). The van der Waals surface area contributed by atoms with Crippen molar-refractivity contribution in [3.05, 3.63) is 11.8 Å². The van der Waals surface area contributed by atoms with E-state index in [2.05, 4.69) is 14.9 Å². The molecule has 1 heterocycles. The van der Waals surface area contributed by atoms with Crippen molar-refractivity contribution >= 4 is 16.0 Å². The van der Waals surface area contributed by atoms with E-state index >= 15 is 0 Å². The van der Waals surface area contributed by atoms with Gasteiger partial charge in [-0.2, -0.15) is 5.10 Å². The fourth-order valence-corrected chi connectivity index (χ4v) is 2.27. The predicted molar refractivity (Wildman–Crippen MR) is 57.0 cm³/mol. The van der Waals surface area contributed by atoms with E-state index in [1.165, 1.54) is 13.8 Å². The largest absolute Gasteiger partial charge is 0.478 e. The van der Waals surface area contributed by atoms with Crippen LogP contribution in [-0.4, -0.2) is 46.9 Å². The molecule has 0 aliphatic rings. The summed E-state index contributed by atoms with van der Waals surface area (Å²) in [6.07, 6.45) is 0.904. The molecule has 4 N–H and O–H groups in total. The maximum Gasteiger partial charge on any atom is 0.340 e. The first kappa shape index (κ1) is 13.6. The van der Waals surface area contributed by atoms with Gasteiger partial charge in [0.15, 0.2) is 5.03 Å². The molecule has 0 aromatic carbocycles. The molecule has 0 spiro atoms. The van der Waals surface area contributed by atoms with E-state index in [1.807, 2.05) is 0 Å². The monoisotopic (exact) mass is 263 g/mol. The number of aromatic nitrogens is 2. The predicted octanol–water partition coefficient (Wildman–Crippen LogP) is -0.843. The van der Waals surface area contributed by atoms with E-state index in [-0.39, 0.29) is 6.54 Å². The van der Waals surface area contributed by atoms with Crippen molar-refractivity contribution in [1.29, 1.82) is 0 Å². The van der Waals surface area contributed by atoms with Crippen LogP contribution < -0.4 is 4.72 Å². The van der Waals surface area contributed by atoms with Crippen molar-refractivity contribution in [2.24, 2.45) is 0 Å². The number of carboxylic acids is 1. The first-order chi connectivity index (χ1) is 7.63. The lowest BCUT2D eigenvalue weighted by Gasteiger charge is -2.17. The second kappa shape index (κ2) is 4.43. The molecule has 17 heavy (non-hydrogen) atoms. The molecule has 0 aliphatic heterocycles. The number of aliphatic hydroxyl groups is 1. The van der Waals surface area contributed by atoms with Gasteiger partial charge in [0.1, 0.15) is 5.56 Å². The molecule has 0 saturated carbocycles. The molecule has 0 bridgehead atoms. The van der Waals surface area contributed by atoms with Gasteiger partial charge in [0.05, 0.1) is 11.8 Å². The fraction of sp³-hybridized carbons (Fsp3) is 0.500. The van der Waals surface area contributed by atoms with Crippen LogP contribution in [-0.2, 0) is 10.0 Å². The highest BCUT2D eigenvalue weighted by molar-refractivity contribution is 7.89. The molecular weight excluding hydrogens is 250 g/mol. The summed E-state index contributed by atoms with van der Waals surface area (Å²) in [5, 5.41) is 23.1. The van der Waals surface area contributed by atoms with Crippen molar-refractivity contribution in [2.45, 2.75) is 24.5 Å². The molecule has 0 amide bonds. The number of nitrogens with zero attached hydrogens (tertiary/aromatic N) is 1. The van der Waals surface area contributed by atoms with Gasteiger partial charge in [-0.05, 0) is 13.8 Å². The molecule has 0 saturated heterocycles. The van der Waals surface area contributed by atoms with Crippen LogP contribution in [0.25, 0.3) is 0 Å². The van der Waals surface area contributed by atoms with E-state index in [0.29, 0.717) is 0 Å². The van der Waals surface area contributed by atoms with Gasteiger partial charge in [0.25, 0.3) is 10.0 Å². The number of aromatic amines is 1. The smallest absolute Gasteiger partial charge is 0.340 e. The molecule has 0 aliphatic carbocycles. The summed E-state index contributed by atoms with van der Waals surface area (Å²) in [5.41, 5.74) is -1.69. The lowest BCUT2D eigenvalue weighted by molar-refractivity contribution is 0.0692. The Morgan fingerprint density at radius 3 is 2.65 bits per heavy atom. The molecule has 0 unspecified atom stereocenters. The number of aromatic carboxylic acids is 1. The minimum absolute atomic E-state index is 0.243. The summed E-state index contributed by atoms with van der Waals surface area (Å²) in [5.74, 6) is -1.40. The topological polar surface area (TPSA) is 132 Å². The maximum atomic E-state index is 11.7. The third-order valence-electron chi connectivity index (χ3n) is 1.80. The van der Waals surface area contributed by atoms with Crippen LogP contribution in [0, 0.1) is 0 Å². The quantitative estimate of drug-likeness (QED) is 0.547. The SMILES string of the molecule is CC(C)(O)CNS(=O)(=O)c1[nH]ncc1C(=O)O. The Labute approximate surface area is 97.7 Å². The van der Waals surface area contributed by atoms with E-state index in [9.17, 15) is 18.3 Å². The zero-order valence-corrected chi connectivity index (χ0v) is 10.1. The Kier molecular flexibility index (Phi) is 3.55. The number of sulfonamides is 1. The van der Waals surface area contributed by atoms with Gasteiger partial charge in [0, 0.05) is 6.54 Å². The van der Waals surface area contributed by atoms with Crippen LogP contribution >= 0.6 is 0 Å². The summed E-state index contributed by atoms with van der Waals surface area (Å²) in [6.45, 7) is 2.59. The third kappa shape index (κ3) is 3.51. The first-order valence-corrected chi connectivity index (χ1v) is 6.10. The second-order valence-electron chi connectivity index (χ2n) is 4.05. The van der Waals surface area contributed by atoms with Crippen molar-refractivity contribution in [3.8, 4) is 0 Å². The van der Waals surface area contributed by atoms with Crippen molar-refractivity contribution in [3.63, 3.8) is 0 Å². The highest BCUT2D eigenvalue weighted by Gasteiger charge is 2.26. The Morgan fingerprint density at radius 2 is 2.18 bits per heavy atom. The molecule has 0 radical (unpaired) electrons.